The molecule has 1 N–H and O–H groups in total. The van der Waals surface area contributed by atoms with Crippen LogP contribution in [-0.2, 0) is 14.3 Å². The second kappa shape index (κ2) is 44.6. The lowest BCUT2D eigenvalue weighted by Crippen LogP contribution is -2.27. The van der Waals surface area contributed by atoms with E-state index in [0.717, 1.165) is 19.3 Å². The SMILES string of the molecule is CCCCCCCCCCCCCCCCCCCCCCOCC(CO)OC(=O)CCCCCCCCCCCCCCCCCCCC. The minimum Gasteiger partial charge on any atom is -0.457 e. The van der Waals surface area contributed by atoms with Gasteiger partial charge in [0.05, 0.1) is 13.2 Å². The summed E-state index contributed by atoms with van der Waals surface area (Å²) in [4.78, 5) is 12.2. The van der Waals surface area contributed by atoms with E-state index in [1.807, 2.05) is 0 Å². The fraction of sp³-hybridized carbons (Fsp3) is 0.978. The van der Waals surface area contributed by atoms with Gasteiger partial charge in [0.1, 0.15) is 6.10 Å². The maximum atomic E-state index is 12.2. The lowest BCUT2D eigenvalue weighted by atomic mass is 10.0. The Balaban J connectivity index is 3.34. The number of esters is 1. The average Bonchev–Trinajstić information content (AvgIpc) is 3.12. The molecule has 4 nitrogen and oxygen atoms in total. The van der Waals surface area contributed by atoms with E-state index in [-0.39, 0.29) is 12.6 Å². The number of ether oxygens (including phenoxy) is 2. The standard InChI is InChI=1S/C46H92O4/c1-3-5-7-9-11-13-15-17-19-21-23-24-26-28-30-32-34-36-38-40-42-49-44-45(43-47)50-46(48)41-39-37-35-33-31-29-27-25-22-20-18-16-14-12-10-8-6-4-2/h45,47H,3-44H2,1-2H3. The van der Waals surface area contributed by atoms with E-state index < -0.39 is 6.10 Å². The van der Waals surface area contributed by atoms with Crippen molar-refractivity contribution in [2.45, 2.75) is 270 Å². The van der Waals surface area contributed by atoms with E-state index in [1.54, 1.807) is 0 Å². The molecule has 1 unspecified atom stereocenters. The Morgan fingerprint density at radius 1 is 0.400 bits per heavy atom. The van der Waals surface area contributed by atoms with E-state index in [9.17, 15) is 9.90 Å². The molecule has 0 spiro atoms. The third-order valence-electron chi connectivity index (χ3n) is 10.7. The highest BCUT2D eigenvalue weighted by Gasteiger charge is 2.13. The number of aliphatic hydroxyl groups is 1. The molecule has 0 rings (SSSR count). The van der Waals surface area contributed by atoms with Crippen molar-refractivity contribution in [2.24, 2.45) is 0 Å². The van der Waals surface area contributed by atoms with E-state index in [2.05, 4.69) is 13.8 Å². The largest absolute Gasteiger partial charge is 0.457 e. The van der Waals surface area contributed by atoms with Crippen molar-refractivity contribution in [3.8, 4) is 0 Å². The third-order valence-corrected chi connectivity index (χ3v) is 10.7. The van der Waals surface area contributed by atoms with Crippen molar-refractivity contribution in [2.75, 3.05) is 19.8 Å². The first-order valence-corrected chi connectivity index (χ1v) is 23.1. The molecular weight excluding hydrogens is 617 g/mol. The van der Waals surface area contributed by atoms with Gasteiger partial charge in [-0.2, -0.15) is 0 Å². The van der Waals surface area contributed by atoms with E-state index in [4.69, 9.17) is 9.47 Å². The van der Waals surface area contributed by atoms with Gasteiger partial charge in [-0.1, -0.05) is 245 Å². The third kappa shape index (κ3) is 41.8. The summed E-state index contributed by atoms with van der Waals surface area (Å²) in [5.41, 5.74) is 0. The van der Waals surface area contributed by atoms with Gasteiger partial charge in [-0.05, 0) is 12.8 Å². The van der Waals surface area contributed by atoms with E-state index in [0.29, 0.717) is 19.6 Å². The second-order valence-electron chi connectivity index (χ2n) is 15.8. The predicted molar refractivity (Wildman–Crippen MR) is 219 cm³/mol. The second-order valence-corrected chi connectivity index (χ2v) is 15.8. The van der Waals surface area contributed by atoms with Crippen molar-refractivity contribution in [3.63, 3.8) is 0 Å². The van der Waals surface area contributed by atoms with Crippen molar-refractivity contribution < 1.29 is 19.4 Å². The number of hydrogen-bond donors (Lipinski definition) is 1. The number of aliphatic hydroxyl groups excluding tert-OH is 1. The predicted octanol–water partition coefficient (Wildman–Crippen LogP) is 15.2. The molecule has 0 saturated carbocycles. The Labute approximate surface area is 314 Å². The topological polar surface area (TPSA) is 55.8 Å². The Hall–Kier alpha value is -0.610. The molecule has 0 fully saturated rings. The summed E-state index contributed by atoms with van der Waals surface area (Å²) in [5.74, 6) is -0.192. The van der Waals surface area contributed by atoms with Crippen molar-refractivity contribution >= 4 is 5.97 Å². The zero-order valence-electron chi connectivity index (χ0n) is 34.4. The maximum Gasteiger partial charge on any atom is 0.306 e. The number of rotatable bonds is 44. The van der Waals surface area contributed by atoms with Crippen molar-refractivity contribution in [3.05, 3.63) is 0 Å². The normalized spacial score (nSPS) is 12.1. The van der Waals surface area contributed by atoms with Gasteiger partial charge >= 0.3 is 5.97 Å². The molecule has 0 bridgehead atoms. The van der Waals surface area contributed by atoms with Crippen LogP contribution < -0.4 is 0 Å². The fourth-order valence-electron chi connectivity index (χ4n) is 7.21. The summed E-state index contributed by atoms with van der Waals surface area (Å²) >= 11 is 0. The van der Waals surface area contributed by atoms with Crippen LogP contribution in [0.25, 0.3) is 0 Å². The molecule has 0 aliphatic heterocycles. The molecule has 0 aromatic heterocycles. The lowest BCUT2D eigenvalue weighted by molar-refractivity contribution is -0.154. The monoisotopic (exact) mass is 709 g/mol. The molecule has 0 aromatic carbocycles. The van der Waals surface area contributed by atoms with Crippen LogP contribution in [0.1, 0.15) is 264 Å². The molecule has 0 saturated heterocycles. The van der Waals surface area contributed by atoms with Crippen LogP contribution in [0.4, 0.5) is 0 Å². The highest BCUT2D eigenvalue weighted by Crippen LogP contribution is 2.17. The molecule has 300 valence electrons. The Morgan fingerprint density at radius 2 is 0.660 bits per heavy atom. The van der Waals surface area contributed by atoms with Crippen LogP contribution in [0.3, 0.4) is 0 Å². The van der Waals surface area contributed by atoms with Gasteiger partial charge in [-0.3, -0.25) is 4.79 Å². The van der Waals surface area contributed by atoms with Gasteiger partial charge in [0.25, 0.3) is 0 Å². The van der Waals surface area contributed by atoms with Crippen LogP contribution in [0.5, 0.6) is 0 Å². The minimum atomic E-state index is -0.525. The molecule has 0 heterocycles. The van der Waals surface area contributed by atoms with Crippen LogP contribution in [0.2, 0.25) is 0 Å². The molecule has 4 heteroatoms. The van der Waals surface area contributed by atoms with Gasteiger partial charge in [0, 0.05) is 13.0 Å². The van der Waals surface area contributed by atoms with Gasteiger partial charge in [-0.15, -0.1) is 0 Å². The van der Waals surface area contributed by atoms with Gasteiger partial charge in [0.2, 0.25) is 0 Å². The van der Waals surface area contributed by atoms with Crippen LogP contribution >= 0.6 is 0 Å². The summed E-state index contributed by atoms with van der Waals surface area (Å²) < 4.78 is 11.2. The maximum absolute atomic E-state index is 12.2. The number of carbonyl (C=O) groups excluding carboxylic acids is 1. The summed E-state index contributed by atoms with van der Waals surface area (Å²) in [6.45, 7) is 5.41. The molecule has 0 radical (unpaired) electrons. The Bertz CT molecular complexity index is 623. The van der Waals surface area contributed by atoms with Gasteiger partial charge in [-0.25, -0.2) is 0 Å². The average molecular weight is 709 g/mol. The number of unbranched alkanes of at least 4 members (excludes halogenated alkanes) is 36. The molecule has 0 aliphatic carbocycles. The minimum absolute atomic E-state index is 0.163. The number of hydrogen-bond acceptors (Lipinski definition) is 4. The first-order valence-electron chi connectivity index (χ1n) is 23.1. The van der Waals surface area contributed by atoms with E-state index in [1.165, 1.54) is 225 Å². The van der Waals surface area contributed by atoms with Gasteiger partial charge in [0.15, 0.2) is 0 Å². The van der Waals surface area contributed by atoms with E-state index >= 15 is 0 Å². The van der Waals surface area contributed by atoms with Crippen LogP contribution in [0, 0.1) is 0 Å². The Morgan fingerprint density at radius 3 is 0.940 bits per heavy atom. The van der Waals surface area contributed by atoms with Crippen LogP contribution in [-0.4, -0.2) is 37.0 Å². The molecule has 0 aromatic rings. The zero-order chi connectivity index (χ0) is 36.3. The Kier molecular flexibility index (Phi) is 44.0. The smallest absolute Gasteiger partial charge is 0.306 e. The quantitative estimate of drug-likeness (QED) is 0.0506. The first kappa shape index (κ1) is 49.4. The molecular formula is C46H92O4. The van der Waals surface area contributed by atoms with Crippen molar-refractivity contribution in [1.29, 1.82) is 0 Å². The summed E-state index contributed by atoms with van der Waals surface area (Å²) in [6.07, 6.45) is 51.7. The van der Waals surface area contributed by atoms with Crippen LogP contribution in [0.15, 0.2) is 0 Å². The molecule has 0 amide bonds. The highest BCUT2D eigenvalue weighted by molar-refractivity contribution is 5.69. The summed E-state index contributed by atoms with van der Waals surface area (Å²) in [7, 11) is 0. The van der Waals surface area contributed by atoms with Crippen molar-refractivity contribution in [1.82, 2.24) is 0 Å². The highest BCUT2D eigenvalue weighted by atomic mass is 16.6. The first-order chi connectivity index (χ1) is 24.7. The molecule has 0 aliphatic rings. The zero-order valence-corrected chi connectivity index (χ0v) is 34.4. The summed E-state index contributed by atoms with van der Waals surface area (Å²) in [6, 6.07) is 0. The molecule has 1 atom stereocenters. The fourth-order valence-corrected chi connectivity index (χ4v) is 7.21. The lowest BCUT2D eigenvalue weighted by Gasteiger charge is -2.16. The van der Waals surface area contributed by atoms with Gasteiger partial charge < -0.3 is 14.6 Å². The summed E-state index contributed by atoms with van der Waals surface area (Å²) in [5, 5.41) is 9.62. The number of carbonyl (C=O) groups is 1. The molecule has 50 heavy (non-hydrogen) atoms.